The number of carbonyl (C=O) groups is 1. The van der Waals surface area contributed by atoms with Gasteiger partial charge in [-0.2, -0.15) is 0 Å². The summed E-state index contributed by atoms with van der Waals surface area (Å²) in [6, 6.07) is 13.3. The SMILES string of the molecule is CN1CC[C@@H](O)[C@H](O)[C@H]1COC(=O)N1CCc2ccccc2[C@@H]1c1ccc(F)cc1. The Morgan fingerprint density at radius 1 is 1.13 bits per heavy atom. The lowest BCUT2D eigenvalue weighted by Gasteiger charge is -2.40. The zero-order chi connectivity index (χ0) is 21.3. The van der Waals surface area contributed by atoms with Crippen LogP contribution < -0.4 is 0 Å². The van der Waals surface area contributed by atoms with Crippen LogP contribution in [0.1, 0.15) is 29.2 Å². The van der Waals surface area contributed by atoms with E-state index in [0.717, 1.165) is 16.7 Å². The van der Waals surface area contributed by atoms with Crippen LogP contribution in [0.15, 0.2) is 48.5 Å². The average Bonchev–Trinajstić information content (AvgIpc) is 2.76. The predicted molar refractivity (Wildman–Crippen MR) is 109 cm³/mol. The maximum absolute atomic E-state index is 13.5. The number of carbonyl (C=O) groups excluding carboxylic acids is 1. The van der Waals surface area contributed by atoms with Crippen LogP contribution >= 0.6 is 0 Å². The van der Waals surface area contributed by atoms with Crippen LogP contribution in [0.25, 0.3) is 0 Å². The van der Waals surface area contributed by atoms with Crippen molar-refractivity contribution in [2.24, 2.45) is 0 Å². The van der Waals surface area contributed by atoms with Crippen LogP contribution in [0.5, 0.6) is 0 Å². The Kier molecular flexibility index (Phi) is 6.04. The van der Waals surface area contributed by atoms with Gasteiger partial charge in [0.25, 0.3) is 0 Å². The molecule has 1 fully saturated rings. The van der Waals surface area contributed by atoms with Gasteiger partial charge < -0.3 is 14.9 Å². The second-order valence-corrected chi connectivity index (χ2v) is 8.07. The number of hydrogen-bond acceptors (Lipinski definition) is 5. The average molecular weight is 414 g/mol. The number of fused-ring (bicyclic) bond motifs is 1. The number of ether oxygens (including phenoxy) is 1. The number of nitrogens with zero attached hydrogens (tertiary/aromatic N) is 2. The summed E-state index contributed by atoms with van der Waals surface area (Å²) in [5.41, 5.74) is 2.96. The quantitative estimate of drug-likeness (QED) is 0.807. The lowest BCUT2D eigenvalue weighted by molar-refractivity contribution is -0.0849. The topological polar surface area (TPSA) is 73.2 Å². The number of benzene rings is 2. The van der Waals surface area contributed by atoms with E-state index in [2.05, 4.69) is 0 Å². The lowest BCUT2D eigenvalue weighted by Crippen LogP contribution is -2.55. The minimum atomic E-state index is -0.966. The number of aliphatic hydroxyl groups is 2. The highest BCUT2D eigenvalue weighted by molar-refractivity contribution is 5.70. The highest BCUT2D eigenvalue weighted by atomic mass is 19.1. The van der Waals surface area contributed by atoms with Crippen LogP contribution in [-0.2, 0) is 11.2 Å². The first-order valence-corrected chi connectivity index (χ1v) is 10.3. The molecule has 7 heteroatoms. The van der Waals surface area contributed by atoms with E-state index in [9.17, 15) is 19.4 Å². The Morgan fingerprint density at radius 2 is 1.87 bits per heavy atom. The Labute approximate surface area is 175 Å². The number of rotatable bonds is 3. The molecule has 0 unspecified atom stereocenters. The van der Waals surface area contributed by atoms with E-state index in [4.69, 9.17) is 4.74 Å². The Balaban J connectivity index is 1.55. The first-order chi connectivity index (χ1) is 14.5. The molecule has 0 spiro atoms. The molecule has 1 amide bonds. The van der Waals surface area contributed by atoms with Crippen molar-refractivity contribution in [2.75, 3.05) is 26.7 Å². The third-order valence-electron chi connectivity index (χ3n) is 6.21. The number of amides is 1. The van der Waals surface area contributed by atoms with Crippen molar-refractivity contribution in [3.05, 3.63) is 71.0 Å². The van der Waals surface area contributed by atoms with Crippen molar-refractivity contribution in [3.8, 4) is 0 Å². The summed E-state index contributed by atoms with van der Waals surface area (Å²) in [7, 11) is 1.84. The van der Waals surface area contributed by atoms with Gasteiger partial charge in [-0.25, -0.2) is 9.18 Å². The van der Waals surface area contributed by atoms with Gasteiger partial charge in [0.2, 0.25) is 0 Å². The minimum absolute atomic E-state index is 0.0121. The second-order valence-electron chi connectivity index (χ2n) is 8.07. The molecule has 0 radical (unpaired) electrons. The van der Waals surface area contributed by atoms with Crippen LogP contribution in [0.4, 0.5) is 9.18 Å². The summed E-state index contributed by atoms with van der Waals surface area (Å²) < 4.78 is 19.1. The fourth-order valence-electron chi connectivity index (χ4n) is 4.42. The molecule has 1 saturated heterocycles. The summed E-state index contributed by atoms with van der Waals surface area (Å²) in [6.45, 7) is 1.08. The maximum atomic E-state index is 13.5. The fraction of sp³-hybridized carbons (Fsp3) is 0.435. The molecule has 2 heterocycles. The maximum Gasteiger partial charge on any atom is 0.410 e. The van der Waals surface area contributed by atoms with Gasteiger partial charge in [0.15, 0.2) is 0 Å². The van der Waals surface area contributed by atoms with E-state index in [1.165, 1.54) is 12.1 Å². The standard InChI is InChI=1S/C23H27FN2O4/c1-25-12-11-20(27)22(28)19(25)14-30-23(29)26-13-10-15-4-2-3-5-18(15)21(26)16-6-8-17(24)9-7-16/h2-9,19-22,27-28H,10-14H2,1H3/t19-,20-,21+,22-/m1/s1. The Hall–Kier alpha value is -2.48. The van der Waals surface area contributed by atoms with Crippen molar-refractivity contribution in [3.63, 3.8) is 0 Å². The molecule has 2 aliphatic heterocycles. The molecule has 0 aromatic heterocycles. The summed E-state index contributed by atoms with van der Waals surface area (Å²) in [4.78, 5) is 16.6. The highest BCUT2D eigenvalue weighted by Crippen LogP contribution is 2.35. The van der Waals surface area contributed by atoms with E-state index in [-0.39, 0.29) is 18.5 Å². The summed E-state index contributed by atoms with van der Waals surface area (Å²) in [6.07, 6.45) is -1.09. The van der Waals surface area contributed by atoms with Crippen LogP contribution in [0, 0.1) is 5.82 Å². The van der Waals surface area contributed by atoms with Gasteiger partial charge in [-0.1, -0.05) is 36.4 Å². The third kappa shape index (κ3) is 4.05. The molecular weight excluding hydrogens is 387 g/mol. The first kappa shape index (κ1) is 20.8. The molecule has 0 aliphatic carbocycles. The zero-order valence-electron chi connectivity index (χ0n) is 16.9. The van der Waals surface area contributed by atoms with E-state index >= 15 is 0 Å². The van der Waals surface area contributed by atoms with Gasteiger partial charge in [0.05, 0.1) is 24.3 Å². The molecule has 2 aromatic carbocycles. The van der Waals surface area contributed by atoms with E-state index in [1.54, 1.807) is 17.0 Å². The number of halogens is 1. The molecule has 0 bridgehead atoms. The number of aliphatic hydroxyl groups excluding tert-OH is 2. The summed E-state index contributed by atoms with van der Waals surface area (Å²) in [5, 5.41) is 20.2. The van der Waals surface area contributed by atoms with Crippen LogP contribution in [0.2, 0.25) is 0 Å². The number of hydrogen-bond donors (Lipinski definition) is 2. The lowest BCUT2D eigenvalue weighted by atomic mass is 9.88. The molecule has 0 saturated carbocycles. The second kappa shape index (κ2) is 8.71. The van der Waals surface area contributed by atoms with Crippen molar-refractivity contribution >= 4 is 6.09 Å². The summed E-state index contributed by atoms with van der Waals surface area (Å²) in [5.74, 6) is -0.329. The largest absolute Gasteiger partial charge is 0.448 e. The number of piperidine rings is 1. The molecule has 6 nitrogen and oxygen atoms in total. The molecule has 4 atom stereocenters. The van der Waals surface area contributed by atoms with Crippen molar-refractivity contribution in [1.29, 1.82) is 0 Å². The van der Waals surface area contributed by atoms with Gasteiger partial charge in [-0.15, -0.1) is 0 Å². The predicted octanol–water partition coefficient (Wildman–Crippen LogP) is 2.34. The summed E-state index contributed by atoms with van der Waals surface area (Å²) >= 11 is 0. The molecule has 2 aromatic rings. The monoisotopic (exact) mass is 414 g/mol. The number of likely N-dealkylation sites (N-methyl/N-ethyl adjacent to an activating group) is 1. The minimum Gasteiger partial charge on any atom is -0.448 e. The molecule has 4 rings (SSSR count). The van der Waals surface area contributed by atoms with Crippen molar-refractivity contribution in [1.82, 2.24) is 9.80 Å². The van der Waals surface area contributed by atoms with Gasteiger partial charge in [-0.3, -0.25) is 9.80 Å². The molecule has 160 valence electrons. The van der Waals surface area contributed by atoms with E-state index in [0.29, 0.717) is 25.9 Å². The van der Waals surface area contributed by atoms with E-state index < -0.39 is 24.3 Å². The molecule has 2 N–H and O–H groups in total. The van der Waals surface area contributed by atoms with Crippen LogP contribution in [-0.4, -0.2) is 71.1 Å². The first-order valence-electron chi connectivity index (χ1n) is 10.3. The van der Waals surface area contributed by atoms with Gasteiger partial charge in [0.1, 0.15) is 12.4 Å². The van der Waals surface area contributed by atoms with Gasteiger partial charge >= 0.3 is 6.09 Å². The smallest absolute Gasteiger partial charge is 0.410 e. The molecule has 30 heavy (non-hydrogen) atoms. The normalized spacial score (nSPS) is 26.9. The fourth-order valence-corrected chi connectivity index (χ4v) is 4.42. The van der Waals surface area contributed by atoms with Crippen LogP contribution in [0.3, 0.4) is 0 Å². The van der Waals surface area contributed by atoms with Crippen molar-refractivity contribution in [2.45, 2.75) is 37.1 Å². The Bertz CT molecular complexity index is 891. The third-order valence-corrected chi connectivity index (χ3v) is 6.21. The molecular formula is C23H27FN2O4. The van der Waals surface area contributed by atoms with Gasteiger partial charge in [-0.05, 0) is 48.7 Å². The Morgan fingerprint density at radius 3 is 2.63 bits per heavy atom. The zero-order valence-corrected chi connectivity index (χ0v) is 16.9. The number of likely N-dealkylation sites (tertiary alicyclic amines) is 1. The van der Waals surface area contributed by atoms with E-state index in [1.807, 2.05) is 36.2 Å². The molecule has 2 aliphatic rings. The van der Waals surface area contributed by atoms with Gasteiger partial charge in [0, 0.05) is 13.1 Å². The highest BCUT2D eigenvalue weighted by Gasteiger charge is 2.37. The van der Waals surface area contributed by atoms with Crippen molar-refractivity contribution < 1.29 is 24.1 Å².